The maximum absolute atomic E-state index is 12.6. The van der Waals surface area contributed by atoms with Crippen LogP contribution in [0.15, 0.2) is 28.6 Å². The lowest BCUT2D eigenvalue weighted by molar-refractivity contribution is -0.140. The van der Waals surface area contributed by atoms with Crippen LogP contribution in [0.25, 0.3) is 0 Å². The van der Waals surface area contributed by atoms with E-state index in [9.17, 15) is 13.2 Å². The SMILES string of the molecule is CCOc1ccc(CCNC(=NC)NCc2nc(C(F)(F)F)cs2)cc1OCC. The monoisotopic (exact) mass is 430 g/mol. The van der Waals surface area contributed by atoms with Crippen LogP contribution in [0.2, 0.25) is 0 Å². The molecule has 10 heteroatoms. The molecule has 0 fully saturated rings. The van der Waals surface area contributed by atoms with Gasteiger partial charge in [0.25, 0.3) is 0 Å². The molecule has 0 atom stereocenters. The van der Waals surface area contributed by atoms with Gasteiger partial charge in [-0.1, -0.05) is 6.07 Å². The number of alkyl halides is 3. The molecule has 160 valence electrons. The second kappa shape index (κ2) is 10.9. The summed E-state index contributed by atoms with van der Waals surface area (Å²) in [7, 11) is 1.60. The van der Waals surface area contributed by atoms with Gasteiger partial charge in [-0.3, -0.25) is 4.99 Å². The normalized spacial score (nSPS) is 12.0. The van der Waals surface area contributed by atoms with Crippen LogP contribution >= 0.6 is 11.3 Å². The van der Waals surface area contributed by atoms with Crippen molar-refractivity contribution in [1.82, 2.24) is 15.6 Å². The first-order chi connectivity index (χ1) is 13.9. The Bertz CT molecular complexity index is 809. The van der Waals surface area contributed by atoms with Crippen molar-refractivity contribution >= 4 is 17.3 Å². The molecule has 0 aliphatic heterocycles. The van der Waals surface area contributed by atoms with Crippen molar-refractivity contribution in [3.63, 3.8) is 0 Å². The molecule has 0 saturated carbocycles. The fourth-order valence-corrected chi connectivity index (χ4v) is 3.22. The van der Waals surface area contributed by atoms with Crippen molar-refractivity contribution < 1.29 is 22.6 Å². The molecule has 0 aliphatic rings. The number of thiazole rings is 1. The summed E-state index contributed by atoms with van der Waals surface area (Å²) in [6.07, 6.45) is -3.71. The van der Waals surface area contributed by atoms with E-state index in [0.29, 0.717) is 48.6 Å². The number of aromatic nitrogens is 1. The Labute approximate surface area is 172 Å². The third-order valence-electron chi connectivity index (χ3n) is 3.79. The van der Waals surface area contributed by atoms with Crippen LogP contribution in [-0.4, -0.2) is 37.7 Å². The van der Waals surface area contributed by atoms with Gasteiger partial charge in [-0.05, 0) is 38.0 Å². The number of rotatable bonds is 9. The molecule has 1 aromatic carbocycles. The van der Waals surface area contributed by atoms with E-state index in [1.165, 1.54) is 0 Å². The number of hydrogen-bond donors (Lipinski definition) is 2. The summed E-state index contributed by atoms with van der Waals surface area (Å²) >= 11 is 0.959. The average molecular weight is 430 g/mol. The molecular formula is C19H25F3N4O2S. The second-order valence-corrected chi connectivity index (χ2v) is 6.82. The van der Waals surface area contributed by atoms with Gasteiger partial charge in [-0.15, -0.1) is 11.3 Å². The van der Waals surface area contributed by atoms with Crippen LogP contribution in [0.3, 0.4) is 0 Å². The number of guanidine groups is 1. The zero-order valence-electron chi connectivity index (χ0n) is 16.6. The Hall–Kier alpha value is -2.49. The Balaban J connectivity index is 1.85. The van der Waals surface area contributed by atoms with Crippen LogP contribution in [0.1, 0.15) is 30.1 Å². The lowest BCUT2D eigenvalue weighted by Crippen LogP contribution is -2.37. The molecule has 1 heterocycles. The van der Waals surface area contributed by atoms with Gasteiger partial charge in [0.05, 0.1) is 19.8 Å². The Kier molecular flexibility index (Phi) is 8.56. The number of aliphatic imine (C=N–C) groups is 1. The molecule has 2 rings (SSSR count). The van der Waals surface area contributed by atoms with E-state index in [1.54, 1.807) is 7.05 Å². The lowest BCUT2D eigenvalue weighted by Gasteiger charge is -2.14. The number of hydrogen-bond acceptors (Lipinski definition) is 5. The quantitative estimate of drug-likeness (QED) is 0.467. The Morgan fingerprint density at radius 3 is 2.48 bits per heavy atom. The van der Waals surface area contributed by atoms with E-state index in [1.807, 2.05) is 32.0 Å². The van der Waals surface area contributed by atoms with Crippen LogP contribution < -0.4 is 20.1 Å². The topological polar surface area (TPSA) is 67.8 Å². The Morgan fingerprint density at radius 2 is 1.86 bits per heavy atom. The number of benzene rings is 1. The zero-order chi connectivity index (χ0) is 21.3. The zero-order valence-corrected chi connectivity index (χ0v) is 17.4. The van der Waals surface area contributed by atoms with E-state index in [2.05, 4.69) is 20.6 Å². The van der Waals surface area contributed by atoms with Crippen molar-refractivity contribution in [3.8, 4) is 11.5 Å². The van der Waals surface area contributed by atoms with Gasteiger partial charge in [0.1, 0.15) is 5.01 Å². The summed E-state index contributed by atoms with van der Waals surface area (Å²) in [4.78, 5) is 7.67. The molecule has 1 aromatic heterocycles. The molecule has 0 saturated heterocycles. The van der Waals surface area contributed by atoms with Crippen LogP contribution in [0.4, 0.5) is 13.2 Å². The first-order valence-corrected chi connectivity index (χ1v) is 10.1. The molecule has 0 bridgehead atoms. The average Bonchev–Trinajstić information content (AvgIpc) is 3.16. The van der Waals surface area contributed by atoms with Crippen LogP contribution in [0, 0.1) is 0 Å². The standard InChI is InChI=1S/C19H25F3N4O2S/c1-4-27-14-7-6-13(10-15(14)28-5-2)8-9-24-18(23-3)25-11-17-26-16(12-29-17)19(20,21)22/h6-7,10,12H,4-5,8-9,11H2,1-3H3,(H2,23,24,25). The molecule has 2 N–H and O–H groups in total. The van der Waals surface area contributed by atoms with Crippen molar-refractivity contribution in [1.29, 1.82) is 0 Å². The summed E-state index contributed by atoms with van der Waals surface area (Å²) in [6, 6.07) is 5.80. The van der Waals surface area contributed by atoms with Gasteiger partial charge in [-0.2, -0.15) is 13.2 Å². The predicted octanol–water partition coefficient (Wildman–Crippen LogP) is 3.87. The molecule has 0 aliphatic carbocycles. The smallest absolute Gasteiger partial charge is 0.434 e. The van der Waals surface area contributed by atoms with Crippen LogP contribution in [-0.2, 0) is 19.1 Å². The molecule has 0 radical (unpaired) electrons. The third kappa shape index (κ3) is 7.12. The van der Waals surface area contributed by atoms with Crippen molar-refractivity contribution in [2.45, 2.75) is 33.0 Å². The Morgan fingerprint density at radius 1 is 1.14 bits per heavy atom. The van der Waals surface area contributed by atoms with Crippen molar-refractivity contribution in [2.75, 3.05) is 26.8 Å². The minimum absolute atomic E-state index is 0.165. The summed E-state index contributed by atoms with van der Waals surface area (Å²) in [5, 5.41) is 7.46. The largest absolute Gasteiger partial charge is 0.490 e. The summed E-state index contributed by atoms with van der Waals surface area (Å²) in [5.74, 6) is 1.91. The fourth-order valence-electron chi connectivity index (χ4n) is 2.48. The lowest BCUT2D eigenvalue weighted by atomic mass is 10.1. The van der Waals surface area contributed by atoms with Gasteiger partial charge in [0.15, 0.2) is 23.2 Å². The molecule has 29 heavy (non-hydrogen) atoms. The van der Waals surface area contributed by atoms with Crippen LogP contribution in [0.5, 0.6) is 11.5 Å². The number of nitrogens with one attached hydrogen (secondary N) is 2. The highest BCUT2D eigenvalue weighted by Crippen LogP contribution is 2.30. The third-order valence-corrected chi connectivity index (χ3v) is 4.64. The summed E-state index contributed by atoms with van der Waals surface area (Å²) < 4.78 is 49.0. The molecular weight excluding hydrogens is 405 g/mol. The van der Waals surface area contributed by atoms with E-state index < -0.39 is 11.9 Å². The van der Waals surface area contributed by atoms with Gasteiger partial charge in [0, 0.05) is 19.0 Å². The summed E-state index contributed by atoms with van der Waals surface area (Å²) in [5.41, 5.74) is 0.192. The molecule has 0 amide bonds. The van der Waals surface area contributed by atoms with Gasteiger partial charge in [0.2, 0.25) is 0 Å². The molecule has 2 aromatic rings. The van der Waals surface area contributed by atoms with E-state index in [4.69, 9.17) is 9.47 Å². The minimum atomic E-state index is -4.42. The van der Waals surface area contributed by atoms with E-state index >= 15 is 0 Å². The maximum Gasteiger partial charge on any atom is 0.434 e. The highest BCUT2D eigenvalue weighted by Gasteiger charge is 2.33. The van der Waals surface area contributed by atoms with E-state index in [0.717, 1.165) is 22.3 Å². The van der Waals surface area contributed by atoms with Crippen molar-refractivity contribution in [2.24, 2.45) is 4.99 Å². The fraction of sp³-hybridized carbons (Fsp3) is 0.474. The molecule has 0 spiro atoms. The van der Waals surface area contributed by atoms with Crippen molar-refractivity contribution in [3.05, 3.63) is 39.8 Å². The first kappa shape index (κ1) is 22.8. The predicted molar refractivity (Wildman–Crippen MR) is 108 cm³/mol. The second-order valence-electron chi connectivity index (χ2n) is 5.87. The number of ether oxygens (including phenoxy) is 2. The minimum Gasteiger partial charge on any atom is -0.490 e. The highest BCUT2D eigenvalue weighted by atomic mass is 32.1. The van der Waals surface area contributed by atoms with Gasteiger partial charge >= 0.3 is 6.18 Å². The number of nitrogens with zero attached hydrogens (tertiary/aromatic N) is 2. The van der Waals surface area contributed by atoms with E-state index in [-0.39, 0.29) is 6.54 Å². The highest BCUT2D eigenvalue weighted by molar-refractivity contribution is 7.09. The van der Waals surface area contributed by atoms with Gasteiger partial charge < -0.3 is 20.1 Å². The first-order valence-electron chi connectivity index (χ1n) is 9.22. The number of halogens is 3. The molecule has 6 nitrogen and oxygen atoms in total. The van der Waals surface area contributed by atoms with Gasteiger partial charge in [-0.25, -0.2) is 4.98 Å². The maximum atomic E-state index is 12.6. The summed E-state index contributed by atoms with van der Waals surface area (Å²) in [6.45, 7) is 5.70. The molecule has 0 unspecified atom stereocenters.